The third kappa shape index (κ3) is 4.78. The molecule has 7 heteroatoms. The summed E-state index contributed by atoms with van der Waals surface area (Å²) in [5.41, 5.74) is 2.81. The molecule has 2 heterocycles. The predicted molar refractivity (Wildman–Crippen MR) is 118 cm³/mol. The van der Waals surface area contributed by atoms with E-state index in [1.165, 1.54) is 0 Å². The van der Waals surface area contributed by atoms with Crippen molar-refractivity contribution >= 4 is 24.0 Å². The Balaban J connectivity index is 0.00000256. The number of halogens is 1. The van der Waals surface area contributed by atoms with Crippen LogP contribution in [0, 0.1) is 0 Å². The first kappa shape index (κ1) is 22.6. The van der Waals surface area contributed by atoms with E-state index in [1.807, 2.05) is 42.5 Å². The van der Waals surface area contributed by atoms with Crippen molar-refractivity contribution in [3.63, 3.8) is 0 Å². The van der Waals surface area contributed by atoms with Crippen LogP contribution in [-0.4, -0.2) is 47.8 Å². The van der Waals surface area contributed by atoms with Crippen LogP contribution in [0.2, 0.25) is 0 Å². The smallest absolute Gasteiger partial charge is 0.224 e. The van der Waals surface area contributed by atoms with Gasteiger partial charge in [-0.15, -0.1) is 12.4 Å². The Bertz CT molecular complexity index is 897. The second kappa shape index (κ2) is 9.35. The molecule has 30 heavy (non-hydrogen) atoms. The maximum absolute atomic E-state index is 11.5. The lowest BCUT2D eigenvalue weighted by Crippen LogP contribution is -2.44. The minimum absolute atomic E-state index is 0. The number of anilines is 1. The highest BCUT2D eigenvalue weighted by Crippen LogP contribution is 2.35. The fraction of sp³-hybridized carbons (Fsp3) is 0.435. The van der Waals surface area contributed by atoms with Crippen LogP contribution in [0.1, 0.15) is 42.1 Å². The predicted octanol–water partition coefficient (Wildman–Crippen LogP) is 3.02. The molecule has 0 bridgehead atoms. The summed E-state index contributed by atoms with van der Waals surface area (Å²) in [6, 6.07) is 13.4. The van der Waals surface area contributed by atoms with Crippen molar-refractivity contribution in [2.75, 3.05) is 32.1 Å². The highest BCUT2D eigenvalue weighted by molar-refractivity contribution is 5.93. The zero-order valence-corrected chi connectivity index (χ0v) is 18.0. The first-order chi connectivity index (χ1) is 14.0. The number of methoxy groups -OCH3 is 1. The number of aliphatic hydroxyl groups excluding tert-OH is 1. The Hall–Kier alpha value is -2.12. The Kier molecular flexibility index (Phi) is 7.03. The van der Waals surface area contributed by atoms with E-state index in [1.54, 1.807) is 7.11 Å². The Labute approximate surface area is 183 Å². The van der Waals surface area contributed by atoms with Crippen LogP contribution in [0.25, 0.3) is 0 Å². The van der Waals surface area contributed by atoms with Gasteiger partial charge in [0, 0.05) is 31.7 Å². The van der Waals surface area contributed by atoms with Crippen LogP contribution >= 0.6 is 12.4 Å². The average Bonchev–Trinajstić information content (AvgIpc) is 2.75. The standard InChI is InChI=1S/C23H28N2O4.ClH/c1-29-19-4-2-3-18(14-19)23(28)9-11-25(12-10-23)15-21(26)17-5-7-20-16(13-17)6-8-22(27)24-20;/h2-5,7,13-14,21,26,28H,6,8-12,15H2,1H3,(H,24,27);1H. The number of fused-ring (bicyclic) bond motifs is 1. The van der Waals surface area contributed by atoms with Gasteiger partial charge in [0.2, 0.25) is 5.91 Å². The molecule has 3 N–H and O–H groups in total. The zero-order chi connectivity index (χ0) is 20.4. The van der Waals surface area contributed by atoms with Crippen molar-refractivity contribution in [3.05, 3.63) is 59.2 Å². The number of carbonyl (C=O) groups excluding carboxylic acids is 1. The number of hydrogen-bond donors (Lipinski definition) is 3. The number of piperidine rings is 1. The number of likely N-dealkylation sites (tertiary alicyclic amines) is 1. The summed E-state index contributed by atoms with van der Waals surface area (Å²) in [6.07, 6.45) is 1.83. The molecule has 1 saturated heterocycles. The van der Waals surface area contributed by atoms with Crippen LogP contribution in [0.15, 0.2) is 42.5 Å². The van der Waals surface area contributed by atoms with Crippen LogP contribution < -0.4 is 10.1 Å². The largest absolute Gasteiger partial charge is 0.497 e. The molecule has 162 valence electrons. The minimum Gasteiger partial charge on any atom is -0.497 e. The van der Waals surface area contributed by atoms with E-state index >= 15 is 0 Å². The summed E-state index contributed by atoms with van der Waals surface area (Å²) in [7, 11) is 1.63. The van der Waals surface area contributed by atoms with Gasteiger partial charge in [0.25, 0.3) is 0 Å². The fourth-order valence-corrected chi connectivity index (χ4v) is 4.27. The molecule has 0 spiro atoms. The van der Waals surface area contributed by atoms with Gasteiger partial charge in [0.15, 0.2) is 0 Å². The summed E-state index contributed by atoms with van der Waals surface area (Å²) in [6.45, 7) is 1.96. The molecule has 2 aliphatic rings. The molecule has 4 rings (SSSR count). The van der Waals surface area contributed by atoms with Crippen molar-refractivity contribution in [2.24, 2.45) is 0 Å². The second-order valence-corrected chi connectivity index (χ2v) is 8.04. The van der Waals surface area contributed by atoms with Crippen molar-refractivity contribution in [1.29, 1.82) is 0 Å². The lowest BCUT2D eigenvalue weighted by Gasteiger charge is -2.39. The number of β-amino-alcohol motifs (C(OH)–C–C–N with tert-alkyl or cyclic N) is 1. The number of amides is 1. The molecule has 2 aromatic rings. The van der Waals surface area contributed by atoms with Crippen LogP contribution in [0.4, 0.5) is 5.69 Å². The number of ether oxygens (including phenoxy) is 1. The lowest BCUT2D eigenvalue weighted by molar-refractivity contribution is -0.116. The Morgan fingerprint density at radius 2 is 1.93 bits per heavy atom. The fourth-order valence-electron chi connectivity index (χ4n) is 4.27. The molecule has 6 nitrogen and oxygen atoms in total. The van der Waals surface area contributed by atoms with Crippen molar-refractivity contribution in [1.82, 2.24) is 4.90 Å². The van der Waals surface area contributed by atoms with Crippen molar-refractivity contribution < 1.29 is 19.7 Å². The molecule has 1 fully saturated rings. The lowest BCUT2D eigenvalue weighted by atomic mass is 9.84. The van der Waals surface area contributed by atoms with Crippen LogP contribution in [-0.2, 0) is 16.8 Å². The molecule has 2 aliphatic heterocycles. The number of benzene rings is 2. The maximum Gasteiger partial charge on any atom is 0.224 e. The molecule has 1 unspecified atom stereocenters. The van der Waals surface area contributed by atoms with E-state index in [0.717, 1.165) is 28.1 Å². The summed E-state index contributed by atoms with van der Waals surface area (Å²) in [5, 5.41) is 24.7. The summed E-state index contributed by atoms with van der Waals surface area (Å²) >= 11 is 0. The number of nitrogens with one attached hydrogen (secondary N) is 1. The van der Waals surface area contributed by atoms with E-state index in [9.17, 15) is 15.0 Å². The molecule has 0 aliphatic carbocycles. The zero-order valence-electron chi connectivity index (χ0n) is 17.1. The topological polar surface area (TPSA) is 82.0 Å². The van der Waals surface area contributed by atoms with Gasteiger partial charge in [-0.05, 0) is 54.2 Å². The third-order valence-electron chi connectivity index (χ3n) is 6.13. The van der Waals surface area contributed by atoms with Gasteiger partial charge in [0.05, 0.1) is 18.8 Å². The monoisotopic (exact) mass is 432 g/mol. The number of nitrogens with zero attached hydrogens (tertiary/aromatic N) is 1. The number of carbonyl (C=O) groups is 1. The van der Waals surface area contributed by atoms with E-state index in [2.05, 4.69) is 10.2 Å². The molecule has 0 saturated carbocycles. The van der Waals surface area contributed by atoms with Crippen LogP contribution in [0.3, 0.4) is 0 Å². The van der Waals surface area contributed by atoms with E-state index in [4.69, 9.17) is 4.74 Å². The van der Waals surface area contributed by atoms with Gasteiger partial charge in [-0.1, -0.05) is 24.3 Å². The van der Waals surface area contributed by atoms with Gasteiger partial charge in [0.1, 0.15) is 5.75 Å². The summed E-state index contributed by atoms with van der Waals surface area (Å²) in [4.78, 5) is 13.7. The first-order valence-electron chi connectivity index (χ1n) is 10.2. The SMILES string of the molecule is COc1cccc(C2(O)CCN(CC(O)c3ccc4c(c3)CCC(=O)N4)CC2)c1.Cl. The molecular weight excluding hydrogens is 404 g/mol. The van der Waals surface area contributed by atoms with Gasteiger partial charge in [-0.2, -0.15) is 0 Å². The van der Waals surface area contributed by atoms with E-state index in [0.29, 0.717) is 45.3 Å². The van der Waals surface area contributed by atoms with Gasteiger partial charge in [-0.25, -0.2) is 0 Å². The van der Waals surface area contributed by atoms with Crippen LogP contribution in [0.5, 0.6) is 5.75 Å². The highest BCUT2D eigenvalue weighted by atomic mass is 35.5. The van der Waals surface area contributed by atoms with Crippen molar-refractivity contribution in [2.45, 2.75) is 37.4 Å². The third-order valence-corrected chi connectivity index (χ3v) is 6.13. The van der Waals surface area contributed by atoms with Gasteiger partial charge >= 0.3 is 0 Å². The normalized spacial score (nSPS) is 19.2. The minimum atomic E-state index is -0.861. The Morgan fingerprint density at radius 1 is 1.17 bits per heavy atom. The molecular formula is C23H29ClN2O4. The number of aliphatic hydroxyl groups is 2. The highest BCUT2D eigenvalue weighted by Gasteiger charge is 2.34. The summed E-state index contributed by atoms with van der Waals surface area (Å²) < 4.78 is 5.28. The average molecular weight is 433 g/mol. The molecule has 0 radical (unpaired) electrons. The molecule has 1 atom stereocenters. The number of rotatable bonds is 5. The molecule has 1 amide bonds. The molecule has 2 aromatic carbocycles. The second-order valence-electron chi connectivity index (χ2n) is 8.04. The quantitative estimate of drug-likeness (QED) is 0.676. The first-order valence-corrected chi connectivity index (χ1v) is 10.2. The van der Waals surface area contributed by atoms with Gasteiger partial charge < -0.3 is 25.2 Å². The number of aryl methyl sites for hydroxylation is 1. The van der Waals surface area contributed by atoms with Crippen molar-refractivity contribution in [3.8, 4) is 5.75 Å². The Morgan fingerprint density at radius 3 is 2.67 bits per heavy atom. The van der Waals surface area contributed by atoms with Gasteiger partial charge in [-0.3, -0.25) is 4.79 Å². The maximum atomic E-state index is 11.5. The van der Waals surface area contributed by atoms with E-state index < -0.39 is 11.7 Å². The summed E-state index contributed by atoms with van der Waals surface area (Å²) in [5.74, 6) is 0.792. The number of hydrogen-bond acceptors (Lipinski definition) is 5. The molecule has 0 aromatic heterocycles. The van der Waals surface area contributed by atoms with E-state index in [-0.39, 0.29) is 18.3 Å².